The van der Waals surface area contributed by atoms with Crippen molar-refractivity contribution in [3.63, 3.8) is 0 Å². The Morgan fingerprint density at radius 2 is 2.00 bits per heavy atom. The molecule has 0 spiro atoms. The summed E-state index contributed by atoms with van der Waals surface area (Å²) in [4.78, 5) is 11.3. The van der Waals surface area contributed by atoms with E-state index < -0.39 is 5.60 Å². The zero-order valence-corrected chi connectivity index (χ0v) is 8.06. The van der Waals surface area contributed by atoms with Crippen molar-refractivity contribution in [2.45, 2.75) is 51.6 Å². The predicted molar refractivity (Wildman–Crippen MR) is 48.1 cm³/mol. The summed E-state index contributed by atoms with van der Waals surface area (Å²) >= 11 is 0. The first kappa shape index (κ1) is 9.72. The summed E-state index contributed by atoms with van der Waals surface area (Å²) in [5, 5.41) is 0. The van der Waals surface area contributed by atoms with Crippen LogP contribution in [0.2, 0.25) is 0 Å². The van der Waals surface area contributed by atoms with Crippen LogP contribution in [0.25, 0.3) is 0 Å². The third-order valence-electron chi connectivity index (χ3n) is 2.64. The molecule has 0 bridgehead atoms. The van der Waals surface area contributed by atoms with Gasteiger partial charge in [-0.3, -0.25) is 4.79 Å². The zero-order chi connectivity index (χ0) is 9.03. The van der Waals surface area contributed by atoms with Gasteiger partial charge in [-0.05, 0) is 39.0 Å². The highest BCUT2D eigenvalue weighted by Crippen LogP contribution is 2.33. The van der Waals surface area contributed by atoms with E-state index in [9.17, 15) is 4.79 Å². The maximum atomic E-state index is 11.3. The Bertz CT molecular complexity index is 157. The van der Waals surface area contributed by atoms with Crippen LogP contribution in [0.5, 0.6) is 0 Å². The summed E-state index contributed by atoms with van der Waals surface area (Å²) < 4.78 is 5.65. The number of carbonyl (C=O) groups is 1. The Labute approximate surface area is 74.3 Å². The molecule has 0 saturated heterocycles. The van der Waals surface area contributed by atoms with Gasteiger partial charge in [0.25, 0.3) is 0 Å². The monoisotopic (exact) mass is 170 g/mol. The van der Waals surface area contributed by atoms with Crippen LogP contribution in [0.15, 0.2) is 0 Å². The van der Waals surface area contributed by atoms with Gasteiger partial charge in [-0.2, -0.15) is 0 Å². The van der Waals surface area contributed by atoms with Gasteiger partial charge in [0.15, 0.2) is 5.78 Å². The summed E-state index contributed by atoms with van der Waals surface area (Å²) in [6.45, 7) is 4.45. The summed E-state index contributed by atoms with van der Waals surface area (Å²) in [6, 6.07) is 0. The van der Waals surface area contributed by atoms with Crippen LogP contribution >= 0.6 is 0 Å². The van der Waals surface area contributed by atoms with Crippen molar-refractivity contribution in [2.75, 3.05) is 6.61 Å². The van der Waals surface area contributed by atoms with Gasteiger partial charge in [0.05, 0.1) is 0 Å². The first-order chi connectivity index (χ1) is 5.71. The van der Waals surface area contributed by atoms with Gasteiger partial charge in [0, 0.05) is 6.61 Å². The largest absolute Gasteiger partial charge is 0.367 e. The molecule has 0 N–H and O–H groups in total. The summed E-state index contributed by atoms with van der Waals surface area (Å²) in [5.41, 5.74) is -0.393. The number of hydrogen-bond donors (Lipinski definition) is 0. The van der Waals surface area contributed by atoms with Gasteiger partial charge in [-0.1, -0.05) is 6.92 Å². The van der Waals surface area contributed by atoms with E-state index in [1.165, 1.54) is 0 Å². The van der Waals surface area contributed by atoms with E-state index in [2.05, 4.69) is 6.92 Å². The van der Waals surface area contributed by atoms with Crippen LogP contribution < -0.4 is 0 Å². The zero-order valence-electron chi connectivity index (χ0n) is 8.06. The first-order valence-corrected chi connectivity index (χ1v) is 4.86. The van der Waals surface area contributed by atoms with Crippen molar-refractivity contribution >= 4 is 5.78 Å². The van der Waals surface area contributed by atoms with E-state index in [-0.39, 0.29) is 5.78 Å². The fraction of sp³-hybridized carbons (Fsp3) is 0.900. The Morgan fingerprint density at radius 1 is 1.42 bits per heavy atom. The third kappa shape index (κ3) is 1.86. The molecule has 0 heterocycles. The van der Waals surface area contributed by atoms with E-state index in [1.807, 2.05) is 0 Å². The van der Waals surface area contributed by atoms with Crippen LogP contribution in [0, 0.1) is 0 Å². The van der Waals surface area contributed by atoms with Crippen molar-refractivity contribution in [3.8, 4) is 0 Å². The highest BCUT2D eigenvalue weighted by Gasteiger charge is 2.38. The van der Waals surface area contributed by atoms with Gasteiger partial charge in [-0.15, -0.1) is 0 Å². The standard InChI is InChI=1S/C10H18O2/c1-3-8-12-10(9(2)11)6-4-5-7-10/h3-8H2,1-2H3. The molecule has 0 atom stereocenters. The van der Waals surface area contributed by atoms with E-state index in [0.29, 0.717) is 0 Å². The fourth-order valence-corrected chi connectivity index (χ4v) is 1.84. The Kier molecular flexibility index (Phi) is 3.27. The minimum Gasteiger partial charge on any atom is -0.367 e. The molecule has 70 valence electrons. The molecular formula is C10H18O2. The van der Waals surface area contributed by atoms with Crippen molar-refractivity contribution in [3.05, 3.63) is 0 Å². The number of ketones is 1. The number of ether oxygens (including phenoxy) is 1. The molecule has 2 nitrogen and oxygen atoms in total. The van der Waals surface area contributed by atoms with E-state index >= 15 is 0 Å². The molecule has 0 aliphatic heterocycles. The van der Waals surface area contributed by atoms with E-state index in [0.717, 1.165) is 38.7 Å². The quantitative estimate of drug-likeness (QED) is 0.647. The molecular weight excluding hydrogens is 152 g/mol. The average molecular weight is 170 g/mol. The molecule has 0 aromatic rings. The topological polar surface area (TPSA) is 26.3 Å². The average Bonchev–Trinajstić information content (AvgIpc) is 2.50. The molecule has 1 aliphatic carbocycles. The molecule has 0 aromatic heterocycles. The molecule has 0 unspecified atom stereocenters. The maximum absolute atomic E-state index is 11.3. The molecule has 0 aromatic carbocycles. The minimum absolute atomic E-state index is 0.216. The summed E-state index contributed by atoms with van der Waals surface area (Å²) in [6.07, 6.45) is 5.15. The fourth-order valence-electron chi connectivity index (χ4n) is 1.84. The second-order valence-corrected chi connectivity index (χ2v) is 3.61. The van der Waals surface area contributed by atoms with E-state index in [4.69, 9.17) is 4.74 Å². The lowest BCUT2D eigenvalue weighted by Gasteiger charge is -2.25. The van der Waals surface area contributed by atoms with Gasteiger partial charge < -0.3 is 4.74 Å². The third-order valence-corrected chi connectivity index (χ3v) is 2.64. The Balaban J connectivity index is 2.53. The first-order valence-electron chi connectivity index (χ1n) is 4.86. The number of hydrogen-bond acceptors (Lipinski definition) is 2. The van der Waals surface area contributed by atoms with Crippen molar-refractivity contribution in [2.24, 2.45) is 0 Å². The maximum Gasteiger partial charge on any atom is 0.161 e. The van der Waals surface area contributed by atoms with E-state index in [1.54, 1.807) is 6.92 Å². The second kappa shape index (κ2) is 4.04. The van der Waals surface area contributed by atoms with Gasteiger partial charge in [0.1, 0.15) is 5.60 Å². The lowest BCUT2D eigenvalue weighted by atomic mass is 9.97. The van der Waals surface area contributed by atoms with Crippen LogP contribution in [0.3, 0.4) is 0 Å². The SMILES string of the molecule is CCCOC1(C(C)=O)CCCC1. The van der Waals surface area contributed by atoms with Crippen molar-refractivity contribution in [1.82, 2.24) is 0 Å². The van der Waals surface area contributed by atoms with Gasteiger partial charge in [0.2, 0.25) is 0 Å². The van der Waals surface area contributed by atoms with Crippen LogP contribution in [-0.4, -0.2) is 18.0 Å². The molecule has 0 amide bonds. The van der Waals surface area contributed by atoms with Crippen LogP contribution in [0.4, 0.5) is 0 Å². The number of carbonyl (C=O) groups excluding carboxylic acids is 1. The van der Waals surface area contributed by atoms with Crippen molar-refractivity contribution in [1.29, 1.82) is 0 Å². The molecule has 2 heteroatoms. The van der Waals surface area contributed by atoms with Gasteiger partial charge >= 0.3 is 0 Å². The molecule has 1 aliphatic rings. The molecule has 1 saturated carbocycles. The highest BCUT2D eigenvalue weighted by molar-refractivity contribution is 5.85. The Hall–Kier alpha value is -0.370. The highest BCUT2D eigenvalue weighted by atomic mass is 16.5. The summed E-state index contributed by atoms with van der Waals surface area (Å²) in [7, 11) is 0. The molecule has 0 radical (unpaired) electrons. The second-order valence-electron chi connectivity index (χ2n) is 3.61. The molecule has 1 fully saturated rings. The van der Waals surface area contributed by atoms with Crippen LogP contribution in [0.1, 0.15) is 46.0 Å². The Morgan fingerprint density at radius 3 is 2.42 bits per heavy atom. The summed E-state index contributed by atoms with van der Waals surface area (Å²) in [5.74, 6) is 0.216. The molecule has 1 rings (SSSR count). The molecule has 12 heavy (non-hydrogen) atoms. The number of rotatable bonds is 4. The normalized spacial score (nSPS) is 21.2. The lowest BCUT2D eigenvalue weighted by molar-refractivity contribution is -0.141. The minimum atomic E-state index is -0.393. The van der Waals surface area contributed by atoms with Crippen molar-refractivity contribution < 1.29 is 9.53 Å². The van der Waals surface area contributed by atoms with Crippen LogP contribution in [-0.2, 0) is 9.53 Å². The predicted octanol–water partition coefficient (Wildman–Crippen LogP) is 2.31. The number of Topliss-reactive ketones (excluding diaryl/α,β-unsaturated/α-hetero) is 1. The van der Waals surface area contributed by atoms with Gasteiger partial charge in [-0.25, -0.2) is 0 Å². The smallest absolute Gasteiger partial charge is 0.161 e. The lowest BCUT2D eigenvalue weighted by Crippen LogP contribution is -2.37.